The molecule has 0 spiro atoms. The van der Waals surface area contributed by atoms with Crippen molar-refractivity contribution < 1.29 is 4.39 Å². The number of tetrazole rings is 1. The van der Waals surface area contributed by atoms with E-state index >= 15 is 0 Å². The van der Waals surface area contributed by atoms with E-state index < -0.39 is 0 Å². The molecule has 1 saturated carbocycles. The predicted octanol–water partition coefficient (Wildman–Crippen LogP) is 2.50. The topological polar surface area (TPSA) is 69.6 Å². The molecular formula is C14H18FN5. The van der Waals surface area contributed by atoms with Crippen LogP contribution in [0.3, 0.4) is 0 Å². The van der Waals surface area contributed by atoms with Gasteiger partial charge in [-0.1, -0.05) is 13.8 Å². The molecule has 0 atom stereocenters. The molecule has 2 N–H and O–H groups in total. The summed E-state index contributed by atoms with van der Waals surface area (Å²) in [6.07, 6.45) is 2.39. The maximum Gasteiger partial charge on any atom is 0.184 e. The number of nitrogens with zero attached hydrogens (tertiary/aromatic N) is 4. The van der Waals surface area contributed by atoms with Crippen LogP contribution in [0.4, 0.5) is 10.1 Å². The summed E-state index contributed by atoms with van der Waals surface area (Å²) in [6.45, 7) is 5.23. The molecule has 1 heterocycles. The van der Waals surface area contributed by atoms with Crippen molar-refractivity contribution in [1.82, 2.24) is 20.2 Å². The Bertz CT molecular complexity index is 630. The van der Waals surface area contributed by atoms with Crippen molar-refractivity contribution in [2.45, 2.75) is 33.2 Å². The largest absolute Gasteiger partial charge is 0.398 e. The quantitative estimate of drug-likeness (QED) is 0.870. The van der Waals surface area contributed by atoms with Crippen LogP contribution in [-0.2, 0) is 6.54 Å². The highest BCUT2D eigenvalue weighted by Gasteiger charge is 2.46. The minimum atomic E-state index is -0.355. The molecule has 20 heavy (non-hydrogen) atoms. The van der Waals surface area contributed by atoms with Crippen LogP contribution < -0.4 is 5.73 Å². The second-order valence-corrected chi connectivity index (χ2v) is 5.91. The SMILES string of the molecule is CC(C)C1(Cn2nnnc2-c2ccc(F)cc2N)CC1. The molecule has 0 unspecified atom stereocenters. The van der Waals surface area contributed by atoms with E-state index in [1.807, 2.05) is 0 Å². The molecule has 6 heteroatoms. The summed E-state index contributed by atoms with van der Waals surface area (Å²) in [4.78, 5) is 0. The summed E-state index contributed by atoms with van der Waals surface area (Å²) in [5.41, 5.74) is 7.20. The zero-order chi connectivity index (χ0) is 14.3. The van der Waals surface area contributed by atoms with Gasteiger partial charge >= 0.3 is 0 Å². The first-order valence-corrected chi connectivity index (χ1v) is 6.83. The first-order valence-electron chi connectivity index (χ1n) is 6.83. The minimum absolute atomic E-state index is 0.291. The van der Waals surface area contributed by atoms with Gasteiger partial charge in [0.2, 0.25) is 0 Å². The average Bonchev–Trinajstić information content (AvgIpc) is 3.03. The molecular weight excluding hydrogens is 257 g/mol. The zero-order valence-corrected chi connectivity index (χ0v) is 11.7. The minimum Gasteiger partial charge on any atom is -0.398 e. The van der Waals surface area contributed by atoms with Gasteiger partial charge in [-0.2, -0.15) is 0 Å². The van der Waals surface area contributed by atoms with E-state index in [0.29, 0.717) is 28.4 Å². The first-order chi connectivity index (χ1) is 9.52. The van der Waals surface area contributed by atoms with Crippen LogP contribution in [-0.4, -0.2) is 20.2 Å². The Morgan fingerprint density at radius 1 is 1.40 bits per heavy atom. The second-order valence-electron chi connectivity index (χ2n) is 5.91. The summed E-state index contributed by atoms with van der Waals surface area (Å²) in [5, 5.41) is 11.9. The lowest BCUT2D eigenvalue weighted by atomic mass is 9.92. The van der Waals surface area contributed by atoms with Gasteiger partial charge in [-0.05, 0) is 52.8 Å². The van der Waals surface area contributed by atoms with Crippen LogP contribution in [0.25, 0.3) is 11.4 Å². The van der Waals surface area contributed by atoms with E-state index in [0.717, 1.165) is 6.54 Å². The Kier molecular flexibility index (Phi) is 2.96. The van der Waals surface area contributed by atoms with Crippen LogP contribution in [0.5, 0.6) is 0 Å². The Labute approximate surface area is 117 Å². The molecule has 0 aliphatic heterocycles. The fourth-order valence-electron chi connectivity index (χ4n) is 2.62. The highest BCUT2D eigenvalue weighted by Crippen LogP contribution is 2.53. The molecule has 1 aliphatic carbocycles. The molecule has 0 saturated heterocycles. The third-order valence-electron chi connectivity index (χ3n) is 4.37. The van der Waals surface area contributed by atoms with Crippen molar-refractivity contribution >= 4 is 5.69 Å². The monoisotopic (exact) mass is 275 g/mol. The van der Waals surface area contributed by atoms with E-state index in [9.17, 15) is 4.39 Å². The molecule has 3 rings (SSSR count). The molecule has 0 radical (unpaired) electrons. The standard InChI is InChI=1S/C14H18FN5/c1-9(2)14(5-6-14)8-20-13(17-18-19-20)11-4-3-10(15)7-12(11)16/h3-4,7,9H,5-6,8,16H2,1-2H3. The zero-order valence-electron chi connectivity index (χ0n) is 11.7. The number of hydrogen-bond acceptors (Lipinski definition) is 4. The first kappa shape index (κ1) is 13.0. The van der Waals surface area contributed by atoms with Crippen molar-refractivity contribution in [3.8, 4) is 11.4 Å². The number of nitrogen functional groups attached to an aromatic ring is 1. The molecule has 5 nitrogen and oxygen atoms in total. The van der Waals surface area contributed by atoms with Crippen LogP contribution in [0.2, 0.25) is 0 Å². The maximum atomic E-state index is 13.1. The Morgan fingerprint density at radius 2 is 2.15 bits per heavy atom. The summed E-state index contributed by atoms with van der Waals surface area (Å²) in [7, 11) is 0. The molecule has 1 aromatic carbocycles. The van der Waals surface area contributed by atoms with Crippen molar-refractivity contribution in [2.24, 2.45) is 11.3 Å². The van der Waals surface area contributed by atoms with Crippen LogP contribution in [0, 0.1) is 17.2 Å². The number of aromatic nitrogens is 4. The lowest BCUT2D eigenvalue weighted by Gasteiger charge is -2.19. The van der Waals surface area contributed by atoms with Crippen LogP contribution in [0.1, 0.15) is 26.7 Å². The maximum absolute atomic E-state index is 13.1. The molecule has 0 bridgehead atoms. The van der Waals surface area contributed by atoms with E-state index in [4.69, 9.17) is 5.73 Å². The van der Waals surface area contributed by atoms with Gasteiger partial charge in [0.05, 0.1) is 6.54 Å². The van der Waals surface area contributed by atoms with Gasteiger partial charge in [0.15, 0.2) is 5.82 Å². The predicted molar refractivity (Wildman–Crippen MR) is 74.1 cm³/mol. The van der Waals surface area contributed by atoms with E-state index in [-0.39, 0.29) is 5.82 Å². The van der Waals surface area contributed by atoms with Crippen molar-refractivity contribution in [3.05, 3.63) is 24.0 Å². The number of hydrogen-bond donors (Lipinski definition) is 1. The van der Waals surface area contributed by atoms with Crippen LogP contribution >= 0.6 is 0 Å². The molecule has 2 aromatic rings. The van der Waals surface area contributed by atoms with E-state index in [1.165, 1.54) is 25.0 Å². The van der Waals surface area contributed by atoms with Gasteiger partial charge in [-0.25, -0.2) is 9.07 Å². The third kappa shape index (κ3) is 2.15. The van der Waals surface area contributed by atoms with Gasteiger partial charge in [-0.3, -0.25) is 0 Å². The fourth-order valence-corrected chi connectivity index (χ4v) is 2.62. The average molecular weight is 275 g/mol. The van der Waals surface area contributed by atoms with E-state index in [1.54, 1.807) is 10.7 Å². The summed E-state index contributed by atoms with van der Waals surface area (Å²) >= 11 is 0. The van der Waals surface area contributed by atoms with E-state index in [2.05, 4.69) is 29.4 Å². The van der Waals surface area contributed by atoms with Gasteiger partial charge in [0, 0.05) is 11.3 Å². The molecule has 0 amide bonds. The van der Waals surface area contributed by atoms with Crippen molar-refractivity contribution in [2.75, 3.05) is 5.73 Å². The number of anilines is 1. The Morgan fingerprint density at radius 3 is 2.75 bits per heavy atom. The Hall–Kier alpha value is -1.98. The second kappa shape index (κ2) is 4.54. The van der Waals surface area contributed by atoms with Gasteiger partial charge in [-0.15, -0.1) is 5.10 Å². The fraction of sp³-hybridized carbons (Fsp3) is 0.500. The van der Waals surface area contributed by atoms with Crippen molar-refractivity contribution in [1.29, 1.82) is 0 Å². The van der Waals surface area contributed by atoms with Crippen LogP contribution in [0.15, 0.2) is 18.2 Å². The highest BCUT2D eigenvalue weighted by atomic mass is 19.1. The normalized spacial score (nSPS) is 16.6. The molecule has 1 aliphatic rings. The summed E-state index contributed by atoms with van der Waals surface area (Å²) in [6, 6.07) is 4.30. The molecule has 1 fully saturated rings. The number of nitrogens with two attached hydrogens (primary N) is 1. The summed E-state index contributed by atoms with van der Waals surface area (Å²) < 4.78 is 14.9. The Balaban J connectivity index is 1.94. The lowest BCUT2D eigenvalue weighted by molar-refractivity contribution is 0.294. The number of halogens is 1. The number of rotatable bonds is 4. The third-order valence-corrected chi connectivity index (χ3v) is 4.37. The lowest BCUT2D eigenvalue weighted by Crippen LogP contribution is -2.19. The van der Waals surface area contributed by atoms with Crippen molar-refractivity contribution in [3.63, 3.8) is 0 Å². The van der Waals surface area contributed by atoms with Gasteiger partial charge < -0.3 is 5.73 Å². The van der Waals surface area contributed by atoms with Gasteiger partial charge in [0.25, 0.3) is 0 Å². The highest BCUT2D eigenvalue weighted by molar-refractivity contribution is 5.71. The molecule has 1 aromatic heterocycles. The molecule has 106 valence electrons. The van der Waals surface area contributed by atoms with Gasteiger partial charge in [0.1, 0.15) is 5.82 Å². The smallest absolute Gasteiger partial charge is 0.184 e. The summed E-state index contributed by atoms with van der Waals surface area (Å²) in [5.74, 6) is 0.839. The number of benzene rings is 1.